The van der Waals surface area contributed by atoms with Gasteiger partial charge in [0.05, 0.1) is 6.61 Å². The van der Waals surface area contributed by atoms with Gasteiger partial charge in [-0.25, -0.2) is 9.59 Å². The predicted molar refractivity (Wildman–Crippen MR) is 108 cm³/mol. The highest BCUT2D eigenvalue weighted by Gasteiger charge is 2.22. The summed E-state index contributed by atoms with van der Waals surface area (Å²) < 4.78 is 21.7. The molecule has 148 valence electrons. The molecule has 0 aliphatic rings. The lowest BCUT2D eigenvalue weighted by Gasteiger charge is -2.08. The van der Waals surface area contributed by atoms with Gasteiger partial charge in [0.15, 0.2) is 0 Å². The van der Waals surface area contributed by atoms with Crippen LogP contribution in [-0.4, -0.2) is 13.1 Å². The van der Waals surface area contributed by atoms with Crippen molar-refractivity contribution in [2.75, 3.05) is 7.11 Å². The maximum Gasteiger partial charge on any atom is 0.374 e. The van der Waals surface area contributed by atoms with Crippen LogP contribution >= 0.6 is 0 Å². The van der Waals surface area contributed by atoms with E-state index in [2.05, 4.69) is 0 Å². The molecule has 2 aromatic carbocycles. The molecule has 0 aliphatic heterocycles. The first-order valence-electron chi connectivity index (χ1n) is 9.32. The summed E-state index contributed by atoms with van der Waals surface area (Å²) in [5, 5.41) is 1.54. The minimum absolute atomic E-state index is 0.0735. The smallest absolute Gasteiger partial charge is 0.374 e. The Kier molecular flexibility index (Phi) is 5.18. The van der Waals surface area contributed by atoms with Crippen LogP contribution in [0.3, 0.4) is 0 Å². The number of hydrogen-bond acceptors (Lipinski definition) is 6. The number of carbonyl (C=O) groups is 1. The molecule has 0 N–H and O–H groups in total. The molecule has 2 aromatic heterocycles. The Morgan fingerprint density at radius 3 is 2.59 bits per heavy atom. The first-order chi connectivity index (χ1) is 14.1. The van der Waals surface area contributed by atoms with Gasteiger partial charge >= 0.3 is 11.6 Å². The normalized spacial score (nSPS) is 11.2. The molecule has 6 heteroatoms. The third-order valence-corrected chi connectivity index (χ3v) is 4.83. The average molecular weight is 392 g/mol. The van der Waals surface area contributed by atoms with E-state index < -0.39 is 11.6 Å². The molecule has 29 heavy (non-hydrogen) atoms. The van der Waals surface area contributed by atoms with Crippen molar-refractivity contribution >= 4 is 27.9 Å². The Morgan fingerprint density at radius 2 is 1.79 bits per heavy atom. The molecule has 0 amide bonds. The van der Waals surface area contributed by atoms with Crippen molar-refractivity contribution in [3.05, 3.63) is 81.4 Å². The fourth-order valence-corrected chi connectivity index (χ4v) is 3.37. The number of methoxy groups -OCH3 is 1. The summed E-state index contributed by atoms with van der Waals surface area (Å²) in [6, 6.07) is 14.4. The Morgan fingerprint density at radius 1 is 0.966 bits per heavy atom. The van der Waals surface area contributed by atoms with E-state index in [1.165, 1.54) is 6.07 Å². The molecule has 0 unspecified atom stereocenters. The molecule has 0 fully saturated rings. The number of hydrogen-bond donors (Lipinski definition) is 0. The molecule has 2 heterocycles. The van der Waals surface area contributed by atoms with Gasteiger partial charge in [0.2, 0.25) is 5.76 Å². The van der Waals surface area contributed by atoms with Gasteiger partial charge < -0.3 is 18.3 Å². The third kappa shape index (κ3) is 3.67. The van der Waals surface area contributed by atoms with E-state index in [4.69, 9.17) is 18.3 Å². The summed E-state index contributed by atoms with van der Waals surface area (Å²) in [6.07, 6.45) is 0.827. The largest absolute Gasteiger partial charge is 0.455 e. The lowest BCUT2D eigenvalue weighted by molar-refractivity contribution is 0.0433. The standard InChI is InChI=1S/C23H20O6/c1-3-14-8-9-16-15(11-21(24)28-20(16)10-14)12-27-23(25)22-18(13-26-2)17-6-4-5-7-19(17)29-22/h4-11H,3,12-13H2,1-2H3. The molecule has 6 nitrogen and oxygen atoms in total. The summed E-state index contributed by atoms with van der Waals surface area (Å²) in [4.78, 5) is 24.7. The minimum Gasteiger partial charge on any atom is -0.455 e. The van der Waals surface area contributed by atoms with Gasteiger partial charge in [-0.15, -0.1) is 0 Å². The van der Waals surface area contributed by atoms with Crippen LogP contribution in [0.15, 0.2) is 62.2 Å². The van der Waals surface area contributed by atoms with Crippen LogP contribution in [0.4, 0.5) is 0 Å². The average Bonchev–Trinajstić information content (AvgIpc) is 3.10. The van der Waals surface area contributed by atoms with Gasteiger partial charge in [0, 0.05) is 35.1 Å². The van der Waals surface area contributed by atoms with Crippen molar-refractivity contribution in [3.8, 4) is 0 Å². The van der Waals surface area contributed by atoms with Gasteiger partial charge in [-0.05, 0) is 24.1 Å². The van der Waals surface area contributed by atoms with E-state index >= 15 is 0 Å². The second-order valence-electron chi connectivity index (χ2n) is 6.69. The van der Waals surface area contributed by atoms with Crippen LogP contribution in [0.5, 0.6) is 0 Å². The van der Waals surface area contributed by atoms with E-state index in [-0.39, 0.29) is 19.0 Å². The Bertz CT molecular complexity index is 1250. The van der Waals surface area contributed by atoms with Crippen LogP contribution in [0.1, 0.15) is 34.2 Å². The van der Waals surface area contributed by atoms with Crippen molar-refractivity contribution in [1.29, 1.82) is 0 Å². The molecule has 4 rings (SSSR count). The van der Waals surface area contributed by atoms with Crippen molar-refractivity contribution in [2.24, 2.45) is 0 Å². The molecule has 0 aliphatic carbocycles. The van der Waals surface area contributed by atoms with E-state index in [0.29, 0.717) is 22.3 Å². The van der Waals surface area contributed by atoms with Crippen LogP contribution in [0, 0.1) is 0 Å². The van der Waals surface area contributed by atoms with Gasteiger partial charge in [0.1, 0.15) is 17.8 Å². The number of aryl methyl sites for hydroxylation is 1. The zero-order chi connectivity index (χ0) is 20.4. The van der Waals surface area contributed by atoms with Gasteiger partial charge in [-0.2, -0.15) is 0 Å². The summed E-state index contributed by atoms with van der Waals surface area (Å²) >= 11 is 0. The topological polar surface area (TPSA) is 78.9 Å². The first-order valence-corrected chi connectivity index (χ1v) is 9.32. The summed E-state index contributed by atoms with van der Waals surface area (Å²) in [7, 11) is 1.55. The van der Waals surface area contributed by atoms with Gasteiger partial charge in [-0.1, -0.05) is 37.3 Å². The number of furan rings is 1. The number of fused-ring (bicyclic) bond motifs is 2. The molecular weight excluding hydrogens is 372 g/mol. The molecule has 0 atom stereocenters. The maximum absolute atomic E-state index is 12.7. The summed E-state index contributed by atoms with van der Waals surface area (Å²) in [5.41, 5.74) is 2.85. The Labute approximate surface area is 166 Å². The number of benzene rings is 2. The zero-order valence-corrected chi connectivity index (χ0v) is 16.2. The number of para-hydroxylation sites is 1. The van der Waals surface area contributed by atoms with E-state index in [0.717, 1.165) is 22.8 Å². The number of esters is 1. The quantitative estimate of drug-likeness (QED) is 0.352. The van der Waals surface area contributed by atoms with Crippen LogP contribution in [-0.2, 0) is 29.1 Å². The second-order valence-corrected chi connectivity index (χ2v) is 6.69. The van der Waals surface area contributed by atoms with E-state index in [1.807, 2.05) is 43.3 Å². The highest BCUT2D eigenvalue weighted by molar-refractivity contribution is 5.96. The molecule has 0 radical (unpaired) electrons. The van der Waals surface area contributed by atoms with E-state index in [9.17, 15) is 9.59 Å². The lowest BCUT2D eigenvalue weighted by Crippen LogP contribution is -2.09. The SMILES string of the molecule is CCc1ccc2c(COC(=O)c3oc4ccccc4c3COC)cc(=O)oc2c1. The number of ether oxygens (including phenoxy) is 2. The zero-order valence-electron chi connectivity index (χ0n) is 16.2. The molecule has 0 bridgehead atoms. The molecule has 4 aromatic rings. The van der Waals surface area contributed by atoms with Crippen LogP contribution < -0.4 is 5.63 Å². The Hall–Kier alpha value is -3.38. The van der Waals surface area contributed by atoms with E-state index in [1.54, 1.807) is 13.2 Å². The molecule has 0 saturated carbocycles. The van der Waals surface area contributed by atoms with Crippen molar-refractivity contribution in [1.82, 2.24) is 0 Å². The van der Waals surface area contributed by atoms with Crippen molar-refractivity contribution < 1.29 is 23.1 Å². The highest BCUT2D eigenvalue weighted by atomic mass is 16.5. The fourth-order valence-electron chi connectivity index (χ4n) is 3.37. The monoisotopic (exact) mass is 392 g/mol. The highest BCUT2D eigenvalue weighted by Crippen LogP contribution is 2.28. The lowest BCUT2D eigenvalue weighted by atomic mass is 10.1. The molecule has 0 saturated heterocycles. The third-order valence-electron chi connectivity index (χ3n) is 4.83. The molecular formula is C23H20O6. The molecule has 0 spiro atoms. The first kappa shape index (κ1) is 19.0. The van der Waals surface area contributed by atoms with Crippen LogP contribution in [0.2, 0.25) is 0 Å². The number of rotatable bonds is 6. The fraction of sp³-hybridized carbons (Fsp3) is 0.217. The summed E-state index contributed by atoms with van der Waals surface area (Å²) in [6.45, 7) is 2.17. The van der Waals surface area contributed by atoms with Crippen LogP contribution in [0.25, 0.3) is 21.9 Å². The Balaban J connectivity index is 1.65. The maximum atomic E-state index is 12.7. The van der Waals surface area contributed by atoms with Crippen molar-refractivity contribution in [2.45, 2.75) is 26.6 Å². The predicted octanol–water partition coefficient (Wildman–Crippen LogP) is 4.61. The summed E-state index contributed by atoms with van der Waals surface area (Å²) in [5.74, 6) is -0.506. The number of carbonyl (C=O) groups excluding carboxylic acids is 1. The van der Waals surface area contributed by atoms with Gasteiger partial charge in [0.25, 0.3) is 0 Å². The van der Waals surface area contributed by atoms with Gasteiger partial charge in [-0.3, -0.25) is 0 Å². The van der Waals surface area contributed by atoms with Crippen molar-refractivity contribution in [3.63, 3.8) is 0 Å². The second kappa shape index (κ2) is 7.93. The minimum atomic E-state index is -0.611.